The second kappa shape index (κ2) is 11.4. The summed E-state index contributed by atoms with van der Waals surface area (Å²) in [7, 11) is 0. The lowest BCUT2D eigenvalue weighted by atomic mass is 10.1. The van der Waals surface area contributed by atoms with Crippen LogP contribution in [0.5, 0.6) is 17.2 Å². The fourth-order valence-electron chi connectivity index (χ4n) is 3.66. The van der Waals surface area contributed by atoms with Gasteiger partial charge in [0.05, 0.1) is 23.8 Å². The first kappa shape index (κ1) is 24.8. The number of carbonyl (C=O) groups excluding carboxylic acids is 1. The number of ether oxygens (including phenoxy) is 3. The molecule has 5 nitrogen and oxygen atoms in total. The minimum Gasteiger partial charge on any atom is -0.494 e. The van der Waals surface area contributed by atoms with E-state index in [1.807, 2.05) is 74.5 Å². The van der Waals surface area contributed by atoms with Gasteiger partial charge in [0.15, 0.2) is 15.8 Å². The number of carbonyl (C=O) groups is 1. The summed E-state index contributed by atoms with van der Waals surface area (Å²) < 4.78 is 17.9. The Kier molecular flexibility index (Phi) is 8.10. The molecule has 0 bridgehead atoms. The van der Waals surface area contributed by atoms with Crippen molar-refractivity contribution in [1.82, 2.24) is 0 Å². The van der Waals surface area contributed by atoms with Crippen molar-refractivity contribution in [2.45, 2.75) is 27.4 Å². The molecule has 0 aliphatic carbocycles. The van der Waals surface area contributed by atoms with E-state index in [9.17, 15) is 4.79 Å². The van der Waals surface area contributed by atoms with Crippen LogP contribution in [0.25, 0.3) is 6.08 Å². The number of benzene rings is 3. The van der Waals surface area contributed by atoms with Crippen molar-refractivity contribution < 1.29 is 19.0 Å². The van der Waals surface area contributed by atoms with Crippen LogP contribution >= 0.6 is 24.0 Å². The number of nitrogens with zero attached hydrogens (tertiary/aromatic N) is 1. The van der Waals surface area contributed by atoms with Crippen molar-refractivity contribution in [1.29, 1.82) is 0 Å². The SMILES string of the molecule is CCOc1ccc(N2C(=O)/C(=C/c3ccc(OCc4cccc(C)c4)c(OCC)c3)SC2=S)cc1. The summed E-state index contributed by atoms with van der Waals surface area (Å²) in [5, 5.41) is 0. The van der Waals surface area contributed by atoms with Gasteiger partial charge in [0.1, 0.15) is 12.4 Å². The zero-order chi connectivity index (χ0) is 24.8. The van der Waals surface area contributed by atoms with Crippen molar-refractivity contribution in [2.75, 3.05) is 18.1 Å². The third-order valence-electron chi connectivity index (χ3n) is 5.24. The molecule has 4 rings (SSSR count). The first-order valence-corrected chi connectivity index (χ1v) is 12.7. The normalized spacial score (nSPS) is 14.5. The highest BCUT2D eigenvalue weighted by molar-refractivity contribution is 8.27. The lowest BCUT2D eigenvalue weighted by Crippen LogP contribution is -2.27. The van der Waals surface area contributed by atoms with Crippen LogP contribution in [0.15, 0.2) is 71.6 Å². The van der Waals surface area contributed by atoms with Crippen molar-refractivity contribution in [2.24, 2.45) is 0 Å². The average Bonchev–Trinajstić information content (AvgIpc) is 3.12. The fraction of sp³-hybridized carbons (Fsp3) is 0.214. The molecule has 0 N–H and O–H groups in total. The molecular formula is C28H27NO4S2. The molecule has 1 heterocycles. The molecule has 1 saturated heterocycles. The molecule has 0 radical (unpaired) electrons. The second-order valence-corrected chi connectivity index (χ2v) is 9.54. The number of rotatable bonds is 9. The zero-order valence-electron chi connectivity index (χ0n) is 19.9. The van der Waals surface area contributed by atoms with Crippen LogP contribution in [0.1, 0.15) is 30.5 Å². The van der Waals surface area contributed by atoms with E-state index in [1.54, 1.807) is 4.90 Å². The van der Waals surface area contributed by atoms with Crippen molar-refractivity contribution in [3.63, 3.8) is 0 Å². The fourth-order valence-corrected chi connectivity index (χ4v) is 4.96. The van der Waals surface area contributed by atoms with Crippen LogP contribution in [0.4, 0.5) is 5.69 Å². The number of amides is 1. The summed E-state index contributed by atoms with van der Waals surface area (Å²) in [5.41, 5.74) is 3.83. The van der Waals surface area contributed by atoms with Gasteiger partial charge in [-0.25, -0.2) is 0 Å². The summed E-state index contributed by atoms with van der Waals surface area (Å²) in [5.74, 6) is 1.90. The van der Waals surface area contributed by atoms with E-state index < -0.39 is 0 Å². The van der Waals surface area contributed by atoms with Gasteiger partial charge in [0.25, 0.3) is 5.91 Å². The third kappa shape index (κ3) is 6.05. The smallest absolute Gasteiger partial charge is 0.270 e. The monoisotopic (exact) mass is 505 g/mol. The molecule has 0 atom stereocenters. The predicted octanol–water partition coefficient (Wildman–Crippen LogP) is 6.78. The Labute approximate surface area is 215 Å². The molecule has 180 valence electrons. The minimum absolute atomic E-state index is 0.151. The lowest BCUT2D eigenvalue weighted by Gasteiger charge is -2.15. The number of thioether (sulfide) groups is 1. The molecule has 7 heteroatoms. The molecule has 0 spiro atoms. The summed E-state index contributed by atoms with van der Waals surface area (Å²) in [6.07, 6.45) is 1.83. The Hall–Kier alpha value is -3.29. The number of aryl methyl sites for hydroxylation is 1. The molecule has 1 aliphatic heterocycles. The van der Waals surface area contributed by atoms with Gasteiger partial charge in [0.2, 0.25) is 0 Å². The Morgan fingerprint density at radius 3 is 2.40 bits per heavy atom. The second-order valence-electron chi connectivity index (χ2n) is 7.86. The van der Waals surface area contributed by atoms with E-state index in [4.69, 9.17) is 26.4 Å². The zero-order valence-corrected chi connectivity index (χ0v) is 21.6. The third-order valence-corrected chi connectivity index (χ3v) is 6.54. The van der Waals surface area contributed by atoms with Crippen molar-refractivity contribution in [3.05, 3.63) is 88.3 Å². The maximum absolute atomic E-state index is 13.2. The Balaban J connectivity index is 1.52. The van der Waals surface area contributed by atoms with Gasteiger partial charge in [-0.05, 0) is 74.4 Å². The maximum Gasteiger partial charge on any atom is 0.270 e. The average molecular weight is 506 g/mol. The van der Waals surface area contributed by atoms with Gasteiger partial charge in [-0.2, -0.15) is 0 Å². The van der Waals surface area contributed by atoms with Gasteiger partial charge in [-0.15, -0.1) is 0 Å². The first-order valence-electron chi connectivity index (χ1n) is 11.4. The van der Waals surface area contributed by atoms with Gasteiger partial charge in [0, 0.05) is 0 Å². The summed E-state index contributed by atoms with van der Waals surface area (Å²) in [4.78, 5) is 15.3. The Morgan fingerprint density at radius 2 is 1.69 bits per heavy atom. The lowest BCUT2D eigenvalue weighted by molar-refractivity contribution is -0.113. The highest BCUT2D eigenvalue weighted by Gasteiger charge is 2.33. The molecule has 0 aromatic heterocycles. The highest BCUT2D eigenvalue weighted by Crippen LogP contribution is 2.38. The van der Waals surface area contributed by atoms with Gasteiger partial charge in [-0.3, -0.25) is 9.69 Å². The maximum atomic E-state index is 13.2. The Morgan fingerprint density at radius 1 is 0.914 bits per heavy atom. The standard InChI is InChI=1S/C28H27NO4S2/c1-4-31-23-12-10-22(11-13-23)29-27(30)26(35-28(29)34)17-20-9-14-24(25(16-20)32-5-2)33-18-21-8-6-7-19(3)15-21/h6-17H,4-5,18H2,1-3H3/b26-17-. The van der Waals surface area contributed by atoms with Crippen LogP contribution < -0.4 is 19.1 Å². The highest BCUT2D eigenvalue weighted by atomic mass is 32.2. The van der Waals surface area contributed by atoms with E-state index in [2.05, 4.69) is 19.1 Å². The molecule has 1 fully saturated rings. The minimum atomic E-state index is -0.151. The Bertz CT molecular complexity index is 1250. The first-order chi connectivity index (χ1) is 17.0. The van der Waals surface area contributed by atoms with E-state index >= 15 is 0 Å². The number of thiocarbonyl (C=S) groups is 1. The molecule has 0 unspecified atom stereocenters. The van der Waals surface area contributed by atoms with Crippen LogP contribution in [-0.4, -0.2) is 23.4 Å². The summed E-state index contributed by atoms with van der Waals surface area (Å²) >= 11 is 6.79. The van der Waals surface area contributed by atoms with E-state index in [1.165, 1.54) is 17.3 Å². The number of hydrogen-bond acceptors (Lipinski definition) is 6. The molecule has 1 amide bonds. The van der Waals surface area contributed by atoms with E-state index in [0.717, 1.165) is 16.9 Å². The van der Waals surface area contributed by atoms with E-state index in [-0.39, 0.29) is 5.91 Å². The molecule has 35 heavy (non-hydrogen) atoms. The quantitative estimate of drug-likeness (QED) is 0.236. The van der Waals surface area contributed by atoms with E-state index in [0.29, 0.717) is 46.2 Å². The summed E-state index contributed by atoms with van der Waals surface area (Å²) in [6, 6.07) is 21.2. The van der Waals surface area contributed by atoms with Crippen LogP contribution in [-0.2, 0) is 11.4 Å². The molecular weight excluding hydrogens is 478 g/mol. The largest absolute Gasteiger partial charge is 0.494 e. The molecule has 3 aromatic rings. The van der Waals surface area contributed by atoms with Gasteiger partial charge < -0.3 is 14.2 Å². The van der Waals surface area contributed by atoms with Crippen LogP contribution in [0.2, 0.25) is 0 Å². The van der Waals surface area contributed by atoms with Crippen molar-refractivity contribution >= 4 is 46.0 Å². The van der Waals surface area contributed by atoms with Crippen LogP contribution in [0, 0.1) is 6.92 Å². The van der Waals surface area contributed by atoms with Crippen LogP contribution in [0.3, 0.4) is 0 Å². The summed E-state index contributed by atoms with van der Waals surface area (Å²) in [6.45, 7) is 7.45. The number of anilines is 1. The number of hydrogen-bond donors (Lipinski definition) is 0. The molecule has 3 aromatic carbocycles. The van der Waals surface area contributed by atoms with Crippen molar-refractivity contribution in [3.8, 4) is 17.2 Å². The topological polar surface area (TPSA) is 48.0 Å². The van der Waals surface area contributed by atoms with Gasteiger partial charge >= 0.3 is 0 Å². The molecule has 1 aliphatic rings. The van der Waals surface area contributed by atoms with Gasteiger partial charge in [-0.1, -0.05) is 59.9 Å². The predicted molar refractivity (Wildman–Crippen MR) is 146 cm³/mol. The molecule has 0 saturated carbocycles.